The minimum atomic E-state index is -0.217. The van der Waals surface area contributed by atoms with Crippen LogP contribution in [0.3, 0.4) is 0 Å². The summed E-state index contributed by atoms with van der Waals surface area (Å²) in [5.74, 6) is -0.198. The van der Waals surface area contributed by atoms with Crippen molar-refractivity contribution in [1.29, 1.82) is 0 Å². The molecule has 2 heterocycles. The lowest BCUT2D eigenvalue weighted by Gasteiger charge is -2.12. The van der Waals surface area contributed by atoms with Crippen LogP contribution in [-0.2, 0) is 11.2 Å². The second kappa shape index (κ2) is 6.69. The summed E-state index contributed by atoms with van der Waals surface area (Å²) < 4.78 is 0. The molecule has 5 nitrogen and oxygen atoms in total. The molecule has 0 aliphatic rings. The fourth-order valence-electron chi connectivity index (χ4n) is 3.17. The number of nitrogens with one attached hydrogen (secondary N) is 3. The first-order chi connectivity index (χ1) is 11.5. The SMILES string of the molecule is Cc1n[nH]c(C)c1[C@H](C)C(=O)NCCc1c[nH]c2cc(Cl)ccc12. The van der Waals surface area contributed by atoms with Crippen LogP contribution < -0.4 is 5.32 Å². The molecule has 0 saturated heterocycles. The number of rotatable bonds is 5. The summed E-state index contributed by atoms with van der Waals surface area (Å²) in [6, 6.07) is 5.80. The molecule has 6 heteroatoms. The van der Waals surface area contributed by atoms with Crippen molar-refractivity contribution in [2.75, 3.05) is 6.54 Å². The van der Waals surface area contributed by atoms with Crippen LogP contribution in [0.25, 0.3) is 10.9 Å². The molecule has 0 aliphatic carbocycles. The number of amides is 1. The van der Waals surface area contributed by atoms with Gasteiger partial charge in [0.1, 0.15) is 0 Å². The number of benzene rings is 1. The Kier molecular flexibility index (Phi) is 4.62. The fourth-order valence-corrected chi connectivity index (χ4v) is 3.34. The lowest BCUT2D eigenvalue weighted by Crippen LogP contribution is -2.30. The van der Waals surface area contributed by atoms with Gasteiger partial charge in [-0.05, 0) is 44.9 Å². The summed E-state index contributed by atoms with van der Waals surface area (Å²) in [5, 5.41) is 12.0. The molecule has 3 aromatic rings. The van der Waals surface area contributed by atoms with Crippen molar-refractivity contribution in [2.24, 2.45) is 0 Å². The maximum absolute atomic E-state index is 12.4. The second-order valence-electron chi connectivity index (χ2n) is 6.11. The molecule has 0 bridgehead atoms. The third kappa shape index (κ3) is 3.17. The van der Waals surface area contributed by atoms with Crippen molar-refractivity contribution in [3.05, 3.63) is 51.9 Å². The predicted molar refractivity (Wildman–Crippen MR) is 96.5 cm³/mol. The van der Waals surface area contributed by atoms with E-state index in [0.29, 0.717) is 11.6 Å². The predicted octanol–water partition coefficient (Wildman–Crippen LogP) is 3.62. The fraction of sp³-hybridized carbons (Fsp3) is 0.333. The van der Waals surface area contributed by atoms with Gasteiger partial charge in [-0.2, -0.15) is 5.10 Å². The largest absolute Gasteiger partial charge is 0.361 e. The Balaban J connectivity index is 1.62. The lowest BCUT2D eigenvalue weighted by molar-refractivity contribution is -0.122. The Morgan fingerprint density at radius 3 is 2.88 bits per heavy atom. The van der Waals surface area contributed by atoms with E-state index in [1.165, 1.54) is 5.56 Å². The number of aromatic amines is 2. The van der Waals surface area contributed by atoms with Crippen LogP contribution in [0.2, 0.25) is 5.02 Å². The Bertz CT molecular complexity index is 861. The molecule has 0 saturated carbocycles. The normalized spacial score (nSPS) is 12.5. The van der Waals surface area contributed by atoms with Gasteiger partial charge in [0.25, 0.3) is 0 Å². The van der Waals surface area contributed by atoms with Gasteiger partial charge in [0.15, 0.2) is 0 Å². The Labute approximate surface area is 145 Å². The van der Waals surface area contributed by atoms with Crippen LogP contribution in [0.4, 0.5) is 0 Å². The molecule has 1 amide bonds. The highest BCUT2D eigenvalue weighted by atomic mass is 35.5. The van der Waals surface area contributed by atoms with Crippen LogP contribution in [0.5, 0.6) is 0 Å². The van der Waals surface area contributed by atoms with Gasteiger partial charge in [-0.25, -0.2) is 0 Å². The molecule has 0 unspecified atom stereocenters. The van der Waals surface area contributed by atoms with Gasteiger partial charge in [-0.15, -0.1) is 0 Å². The minimum absolute atomic E-state index is 0.0190. The Morgan fingerprint density at radius 1 is 1.38 bits per heavy atom. The first-order valence-electron chi connectivity index (χ1n) is 8.02. The van der Waals surface area contributed by atoms with Crippen LogP contribution in [0.15, 0.2) is 24.4 Å². The monoisotopic (exact) mass is 344 g/mol. The van der Waals surface area contributed by atoms with Crippen molar-refractivity contribution in [3.8, 4) is 0 Å². The van der Waals surface area contributed by atoms with Crippen LogP contribution in [0, 0.1) is 13.8 Å². The van der Waals surface area contributed by atoms with E-state index in [9.17, 15) is 4.79 Å². The molecule has 1 aromatic carbocycles. The highest BCUT2D eigenvalue weighted by Gasteiger charge is 2.20. The van der Waals surface area contributed by atoms with Crippen molar-refractivity contribution >= 4 is 28.4 Å². The molecule has 1 atom stereocenters. The first-order valence-corrected chi connectivity index (χ1v) is 8.40. The molecule has 126 valence electrons. The van der Waals surface area contributed by atoms with E-state index in [4.69, 9.17) is 11.6 Å². The third-order valence-corrected chi connectivity index (χ3v) is 4.67. The van der Waals surface area contributed by atoms with Crippen LogP contribution >= 0.6 is 11.6 Å². The molecule has 0 radical (unpaired) electrons. The van der Waals surface area contributed by atoms with Crippen molar-refractivity contribution in [1.82, 2.24) is 20.5 Å². The lowest BCUT2D eigenvalue weighted by atomic mass is 9.98. The summed E-state index contributed by atoms with van der Waals surface area (Å²) in [7, 11) is 0. The van der Waals surface area contributed by atoms with E-state index in [2.05, 4.69) is 20.5 Å². The quantitative estimate of drug-likeness (QED) is 0.661. The van der Waals surface area contributed by atoms with Gasteiger partial charge in [0.05, 0.1) is 11.6 Å². The molecule has 0 fully saturated rings. The van der Waals surface area contributed by atoms with E-state index in [1.54, 1.807) is 0 Å². The topological polar surface area (TPSA) is 73.6 Å². The second-order valence-corrected chi connectivity index (χ2v) is 6.55. The molecule has 3 rings (SSSR count). The summed E-state index contributed by atoms with van der Waals surface area (Å²) in [6.07, 6.45) is 2.74. The molecular formula is C18H21ClN4O. The number of hydrogen-bond donors (Lipinski definition) is 3. The zero-order valence-corrected chi connectivity index (χ0v) is 14.8. The zero-order chi connectivity index (χ0) is 17.3. The highest BCUT2D eigenvalue weighted by Crippen LogP contribution is 2.23. The van der Waals surface area contributed by atoms with E-state index < -0.39 is 0 Å². The number of hydrogen-bond acceptors (Lipinski definition) is 2. The Morgan fingerprint density at radius 2 is 2.17 bits per heavy atom. The van der Waals surface area contributed by atoms with Gasteiger partial charge >= 0.3 is 0 Å². The number of H-pyrrole nitrogens is 2. The number of aromatic nitrogens is 3. The van der Waals surface area contributed by atoms with E-state index in [-0.39, 0.29) is 11.8 Å². The zero-order valence-electron chi connectivity index (χ0n) is 14.0. The van der Waals surface area contributed by atoms with Gasteiger partial charge in [-0.3, -0.25) is 9.89 Å². The summed E-state index contributed by atoms with van der Waals surface area (Å²) in [5.41, 5.74) is 4.99. The van der Waals surface area contributed by atoms with Gasteiger partial charge in [-0.1, -0.05) is 17.7 Å². The molecule has 3 N–H and O–H groups in total. The van der Waals surface area contributed by atoms with Crippen LogP contribution in [0.1, 0.15) is 35.4 Å². The number of nitrogens with zero attached hydrogens (tertiary/aromatic N) is 1. The average Bonchev–Trinajstić information content (AvgIpc) is 3.09. The minimum Gasteiger partial charge on any atom is -0.361 e. The highest BCUT2D eigenvalue weighted by molar-refractivity contribution is 6.31. The summed E-state index contributed by atoms with van der Waals surface area (Å²) in [4.78, 5) is 15.6. The molecule has 0 spiro atoms. The molecule has 24 heavy (non-hydrogen) atoms. The van der Waals surface area contributed by atoms with Gasteiger partial charge in [0, 0.05) is 39.9 Å². The molecular weight excluding hydrogens is 324 g/mol. The molecule has 2 aromatic heterocycles. The standard InChI is InChI=1S/C18H21ClN4O/c1-10(17-11(2)22-23-12(17)3)18(24)20-7-6-13-9-21-16-8-14(19)4-5-15(13)16/h4-5,8-10,21H,6-7H2,1-3H3,(H,20,24)(H,22,23)/t10-/m0/s1. The number of aryl methyl sites for hydroxylation is 2. The smallest absolute Gasteiger partial charge is 0.227 e. The summed E-state index contributed by atoms with van der Waals surface area (Å²) in [6.45, 7) is 6.36. The van der Waals surface area contributed by atoms with Crippen molar-refractivity contribution < 1.29 is 4.79 Å². The van der Waals surface area contributed by atoms with E-state index in [1.807, 2.05) is 45.2 Å². The molecule has 0 aliphatic heterocycles. The third-order valence-electron chi connectivity index (χ3n) is 4.43. The summed E-state index contributed by atoms with van der Waals surface area (Å²) >= 11 is 6.00. The van der Waals surface area contributed by atoms with E-state index >= 15 is 0 Å². The van der Waals surface area contributed by atoms with Crippen LogP contribution in [-0.4, -0.2) is 27.6 Å². The van der Waals surface area contributed by atoms with Gasteiger partial charge < -0.3 is 10.3 Å². The first kappa shape index (κ1) is 16.6. The Hall–Kier alpha value is -2.27. The number of carbonyl (C=O) groups excluding carboxylic acids is 1. The maximum atomic E-state index is 12.4. The number of halogens is 1. The van der Waals surface area contributed by atoms with Gasteiger partial charge in [0.2, 0.25) is 5.91 Å². The van der Waals surface area contributed by atoms with Crippen molar-refractivity contribution in [2.45, 2.75) is 33.1 Å². The van der Waals surface area contributed by atoms with E-state index in [0.717, 1.165) is 34.3 Å². The van der Waals surface area contributed by atoms with Crippen molar-refractivity contribution in [3.63, 3.8) is 0 Å². The maximum Gasteiger partial charge on any atom is 0.227 e. The average molecular weight is 345 g/mol. The number of carbonyl (C=O) groups is 1. The number of fused-ring (bicyclic) bond motifs is 1.